The molecule has 20 heavy (non-hydrogen) atoms. The van der Waals surface area contributed by atoms with E-state index in [1.165, 1.54) is 0 Å². The van der Waals surface area contributed by atoms with Crippen LogP contribution in [0.5, 0.6) is 11.6 Å². The molecule has 0 aromatic carbocycles. The van der Waals surface area contributed by atoms with E-state index >= 15 is 0 Å². The van der Waals surface area contributed by atoms with Gasteiger partial charge in [-0.15, -0.1) is 0 Å². The monoisotopic (exact) mass is 278 g/mol. The summed E-state index contributed by atoms with van der Waals surface area (Å²) in [6.45, 7) is 5.60. The van der Waals surface area contributed by atoms with Gasteiger partial charge in [-0.3, -0.25) is 4.90 Å². The van der Waals surface area contributed by atoms with Crippen LogP contribution in [0.15, 0.2) is 12.1 Å². The van der Waals surface area contributed by atoms with Crippen molar-refractivity contribution in [2.24, 2.45) is 5.92 Å². The van der Waals surface area contributed by atoms with E-state index in [0.717, 1.165) is 37.4 Å². The molecule has 1 aromatic heterocycles. The molecule has 1 fully saturated rings. The Bertz CT molecular complexity index is 466. The van der Waals surface area contributed by atoms with Crippen LogP contribution in [0.25, 0.3) is 0 Å². The third kappa shape index (κ3) is 2.74. The molecule has 0 amide bonds. The largest absolute Gasteiger partial charge is 0.484 e. The minimum Gasteiger partial charge on any atom is -0.484 e. The number of aliphatic hydroxyl groups is 1. The first-order valence-corrected chi connectivity index (χ1v) is 7.39. The molecule has 1 unspecified atom stereocenters. The summed E-state index contributed by atoms with van der Waals surface area (Å²) >= 11 is 0. The number of piperidine rings is 1. The molecule has 5 nitrogen and oxygen atoms in total. The van der Waals surface area contributed by atoms with Crippen LogP contribution in [-0.4, -0.2) is 47.9 Å². The van der Waals surface area contributed by atoms with Crippen LogP contribution in [0.2, 0.25) is 0 Å². The lowest BCUT2D eigenvalue weighted by Crippen LogP contribution is -2.38. The van der Waals surface area contributed by atoms with Crippen LogP contribution >= 0.6 is 0 Å². The van der Waals surface area contributed by atoms with E-state index < -0.39 is 0 Å². The van der Waals surface area contributed by atoms with Crippen molar-refractivity contribution in [3.05, 3.63) is 17.8 Å². The first kappa shape index (κ1) is 13.6. The van der Waals surface area contributed by atoms with Crippen molar-refractivity contribution in [2.75, 3.05) is 32.9 Å². The molecule has 3 rings (SSSR count). The fraction of sp³-hybridized carbons (Fsp3) is 0.667. The van der Waals surface area contributed by atoms with Gasteiger partial charge in [0.25, 0.3) is 5.88 Å². The molecule has 2 atom stereocenters. The molecule has 0 saturated carbocycles. The lowest BCUT2D eigenvalue weighted by molar-refractivity contribution is 0.0913. The molecule has 1 aromatic rings. The number of fused-ring (bicyclic) bond motifs is 1. The van der Waals surface area contributed by atoms with Gasteiger partial charge in [-0.05, 0) is 44.4 Å². The molecule has 0 aliphatic carbocycles. The average molecular weight is 278 g/mol. The van der Waals surface area contributed by atoms with E-state index in [-0.39, 0.29) is 12.6 Å². The highest BCUT2D eigenvalue weighted by molar-refractivity contribution is 5.36. The highest BCUT2D eigenvalue weighted by Crippen LogP contribution is 2.32. The molecule has 0 bridgehead atoms. The Kier molecular flexibility index (Phi) is 4.08. The van der Waals surface area contributed by atoms with Crippen LogP contribution in [0, 0.1) is 5.92 Å². The number of likely N-dealkylation sites (tertiary alicyclic amines) is 1. The minimum absolute atomic E-state index is 0.236. The van der Waals surface area contributed by atoms with Crippen molar-refractivity contribution < 1.29 is 14.6 Å². The normalized spacial score (nSPS) is 24.4. The Morgan fingerprint density at radius 2 is 2.25 bits per heavy atom. The van der Waals surface area contributed by atoms with Crippen LogP contribution in [-0.2, 0) is 0 Å². The van der Waals surface area contributed by atoms with Crippen molar-refractivity contribution in [1.29, 1.82) is 0 Å². The van der Waals surface area contributed by atoms with E-state index in [4.69, 9.17) is 9.47 Å². The summed E-state index contributed by atoms with van der Waals surface area (Å²) in [5, 5.41) is 9.34. The summed E-state index contributed by atoms with van der Waals surface area (Å²) < 4.78 is 11.1. The SMILES string of the molecule is CC(c1ccc2c(n1)OCCO2)N1CCC[C@@H](CO)C1. The number of hydrogen-bond donors (Lipinski definition) is 1. The molecule has 2 aliphatic heterocycles. The Balaban J connectivity index is 1.74. The molecule has 110 valence electrons. The Labute approximate surface area is 119 Å². The van der Waals surface area contributed by atoms with Gasteiger partial charge >= 0.3 is 0 Å². The van der Waals surface area contributed by atoms with Crippen molar-refractivity contribution in [3.8, 4) is 11.6 Å². The van der Waals surface area contributed by atoms with Crippen molar-refractivity contribution >= 4 is 0 Å². The molecular weight excluding hydrogens is 256 g/mol. The second-order valence-corrected chi connectivity index (χ2v) is 5.60. The lowest BCUT2D eigenvalue weighted by atomic mass is 9.97. The van der Waals surface area contributed by atoms with Crippen LogP contribution in [0.3, 0.4) is 0 Å². The van der Waals surface area contributed by atoms with Gasteiger partial charge in [0.2, 0.25) is 0 Å². The van der Waals surface area contributed by atoms with Gasteiger partial charge in [-0.1, -0.05) is 0 Å². The van der Waals surface area contributed by atoms with Crippen molar-refractivity contribution in [2.45, 2.75) is 25.8 Å². The summed E-state index contributed by atoms with van der Waals surface area (Å²) in [5.74, 6) is 1.74. The van der Waals surface area contributed by atoms with E-state index in [1.54, 1.807) is 0 Å². The smallest absolute Gasteiger partial charge is 0.257 e. The second-order valence-electron chi connectivity index (χ2n) is 5.60. The van der Waals surface area contributed by atoms with Crippen molar-refractivity contribution in [1.82, 2.24) is 9.88 Å². The first-order valence-electron chi connectivity index (χ1n) is 7.39. The minimum atomic E-state index is 0.236. The molecule has 2 aliphatic rings. The zero-order valence-corrected chi connectivity index (χ0v) is 11.9. The second kappa shape index (κ2) is 5.97. The fourth-order valence-electron chi connectivity index (χ4n) is 2.96. The molecule has 1 saturated heterocycles. The number of ether oxygens (including phenoxy) is 2. The molecule has 1 N–H and O–H groups in total. The summed E-state index contributed by atoms with van der Waals surface area (Å²) in [6.07, 6.45) is 2.26. The first-order chi connectivity index (χ1) is 9.78. The summed E-state index contributed by atoms with van der Waals surface area (Å²) in [6, 6.07) is 4.20. The maximum Gasteiger partial charge on any atom is 0.257 e. The summed E-state index contributed by atoms with van der Waals surface area (Å²) in [4.78, 5) is 6.98. The van der Waals surface area contributed by atoms with Gasteiger partial charge in [-0.2, -0.15) is 0 Å². The third-order valence-corrected chi connectivity index (χ3v) is 4.21. The summed E-state index contributed by atoms with van der Waals surface area (Å²) in [5.41, 5.74) is 1.01. The number of pyridine rings is 1. The highest BCUT2D eigenvalue weighted by Gasteiger charge is 2.25. The Morgan fingerprint density at radius 3 is 3.10 bits per heavy atom. The molecule has 0 spiro atoms. The molecule has 5 heteroatoms. The van der Waals surface area contributed by atoms with Crippen molar-refractivity contribution in [3.63, 3.8) is 0 Å². The standard InChI is InChI=1S/C15H22N2O3/c1-11(17-6-2-3-12(9-17)10-18)13-4-5-14-15(16-13)20-8-7-19-14/h4-5,11-12,18H,2-3,6-10H2,1H3/t11?,12-/m1/s1. The maximum atomic E-state index is 9.34. The predicted molar refractivity (Wildman–Crippen MR) is 75.0 cm³/mol. The predicted octanol–water partition coefficient (Wildman–Crippen LogP) is 1.62. The van der Waals surface area contributed by atoms with E-state index in [0.29, 0.717) is 25.0 Å². The average Bonchev–Trinajstić information content (AvgIpc) is 2.53. The van der Waals surface area contributed by atoms with Gasteiger partial charge in [0, 0.05) is 19.2 Å². The Morgan fingerprint density at radius 1 is 1.40 bits per heavy atom. The van der Waals surface area contributed by atoms with Crippen LogP contribution < -0.4 is 9.47 Å². The topological polar surface area (TPSA) is 54.8 Å². The maximum absolute atomic E-state index is 9.34. The van der Waals surface area contributed by atoms with Gasteiger partial charge in [0.1, 0.15) is 13.2 Å². The van der Waals surface area contributed by atoms with Crippen LogP contribution in [0.1, 0.15) is 31.5 Å². The fourth-order valence-corrected chi connectivity index (χ4v) is 2.96. The molecule has 0 radical (unpaired) electrons. The molecular formula is C15H22N2O3. The number of rotatable bonds is 3. The van der Waals surface area contributed by atoms with Gasteiger partial charge < -0.3 is 14.6 Å². The van der Waals surface area contributed by atoms with E-state index in [9.17, 15) is 5.11 Å². The number of aliphatic hydroxyl groups excluding tert-OH is 1. The Hall–Kier alpha value is -1.33. The van der Waals surface area contributed by atoms with Gasteiger partial charge in [0.15, 0.2) is 5.75 Å². The van der Waals surface area contributed by atoms with Crippen LogP contribution in [0.4, 0.5) is 0 Å². The van der Waals surface area contributed by atoms with E-state index in [2.05, 4.69) is 16.8 Å². The summed E-state index contributed by atoms with van der Waals surface area (Å²) in [7, 11) is 0. The van der Waals surface area contributed by atoms with E-state index in [1.807, 2.05) is 12.1 Å². The zero-order valence-electron chi connectivity index (χ0n) is 11.9. The number of hydrogen-bond acceptors (Lipinski definition) is 5. The zero-order chi connectivity index (χ0) is 13.9. The quantitative estimate of drug-likeness (QED) is 0.910. The highest BCUT2D eigenvalue weighted by atomic mass is 16.6. The lowest BCUT2D eigenvalue weighted by Gasteiger charge is -2.36. The third-order valence-electron chi connectivity index (χ3n) is 4.21. The number of aromatic nitrogens is 1. The molecule has 3 heterocycles. The number of nitrogens with zero attached hydrogens (tertiary/aromatic N) is 2. The van der Waals surface area contributed by atoms with Gasteiger partial charge in [-0.25, -0.2) is 4.98 Å². The van der Waals surface area contributed by atoms with Gasteiger partial charge in [0.05, 0.1) is 5.69 Å².